The highest BCUT2D eigenvalue weighted by Gasteiger charge is 2.27. The van der Waals surface area contributed by atoms with E-state index in [0.29, 0.717) is 5.71 Å². The highest BCUT2D eigenvalue weighted by atomic mass is 32.2. The van der Waals surface area contributed by atoms with Crippen molar-refractivity contribution >= 4 is 23.8 Å². The lowest BCUT2D eigenvalue weighted by molar-refractivity contribution is -0.102. The van der Waals surface area contributed by atoms with Crippen LogP contribution in [0, 0.1) is 0 Å². The molecule has 0 amide bonds. The Bertz CT molecular complexity index is 240. The van der Waals surface area contributed by atoms with Crippen molar-refractivity contribution < 1.29 is 4.79 Å². The summed E-state index contributed by atoms with van der Waals surface area (Å²) in [5, 5.41) is 1.98. The van der Waals surface area contributed by atoms with Crippen LogP contribution in [0.3, 0.4) is 0 Å². The SMILES string of the molecule is CC1=CSC(C)(C)C(C=O)=N1. The van der Waals surface area contributed by atoms with Crippen LogP contribution in [-0.4, -0.2) is 16.7 Å². The van der Waals surface area contributed by atoms with Gasteiger partial charge in [0.2, 0.25) is 0 Å². The smallest absolute Gasteiger partial charge is 0.165 e. The molecule has 1 rings (SSSR count). The summed E-state index contributed by atoms with van der Waals surface area (Å²) in [4.78, 5) is 14.7. The van der Waals surface area contributed by atoms with Gasteiger partial charge in [0.1, 0.15) is 0 Å². The third-order valence-corrected chi connectivity index (χ3v) is 2.81. The standard InChI is InChI=1S/C8H11NOS/c1-6-5-11-8(2,3)7(4-10)9-6/h4-5H,1-3H3. The van der Waals surface area contributed by atoms with Crippen molar-refractivity contribution in [3.05, 3.63) is 11.1 Å². The number of aldehydes is 1. The quantitative estimate of drug-likeness (QED) is 0.562. The predicted octanol–water partition coefficient (Wildman–Crippen LogP) is 2.01. The molecular weight excluding hydrogens is 158 g/mol. The van der Waals surface area contributed by atoms with E-state index in [9.17, 15) is 4.79 Å². The molecule has 0 radical (unpaired) electrons. The number of aliphatic imine (C=N–C) groups is 1. The number of hydrogen-bond acceptors (Lipinski definition) is 3. The first-order chi connectivity index (χ1) is 5.06. The van der Waals surface area contributed by atoms with Crippen molar-refractivity contribution in [2.24, 2.45) is 4.99 Å². The van der Waals surface area contributed by atoms with Gasteiger partial charge in [0.05, 0.1) is 10.5 Å². The fourth-order valence-corrected chi connectivity index (χ4v) is 1.54. The molecule has 0 unspecified atom stereocenters. The molecule has 0 fully saturated rings. The van der Waals surface area contributed by atoms with Crippen LogP contribution < -0.4 is 0 Å². The summed E-state index contributed by atoms with van der Waals surface area (Å²) in [5.74, 6) is 0. The van der Waals surface area contributed by atoms with E-state index in [1.165, 1.54) is 0 Å². The van der Waals surface area contributed by atoms with Gasteiger partial charge in [-0.1, -0.05) is 0 Å². The molecule has 0 saturated heterocycles. The van der Waals surface area contributed by atoms with Crippen molar-refractivity contribution in [2.75, 3.05) is 0 Å². The van der Waals surface area contributed by atoms with Crippen molar-refractivity contribution in [1.82, 2.24) is 0 Å². The number of nitrogens with zero attached hydrogens (tertiary/aromatic N) is 1. The molecular formula is C8H11NOS. The number of carbonyl (C=O) groups is 1. The zero-order chi connectivity index (χ0) is 8.48. The Hall–Kier alpha value is -0.570. The number of carbonyl (C=O) groups excluding carboxylic acids is 1. The molecule has 0 saturated carbocycles. The molecule has 0 aromatic carbocycles. The molecule has 0 aromatic rings. The van der Waals surface area contributed by atoms with Gasteiger partial charge in [-0.3, -0.25) is 9.79 Å². The van der Waals surface area contributed by atoms with Crippen molar-refractivity contribution in [1.29, 1.82) is 0 Å². The monoisotopic (exact) mass is 169 g/mol. The summed E-state index contributed by atoms with van der Waals surface area (Å²) in [6.45, 7) is 5.88. The van der Waals surface area contributed by atoms with Gasteiger partial charge in [-0.25, -0.2) is 0 Å². The van der Waals surface area contributed by atoms with Gasteiger partial charge in [0.15, 0.2) is 6.29 Å². The number of thioether (sulfide) groups is 1. The maximum atomic E-state index is 10.5. The minimum Gasteiger partial charge on any atom is -0.296 e. The molecule has 0 aromatic heterocycles. The second-order valence-electron chi connectivity index (χ2n) is 3.00. The van der Waals surface area contributed by atoms with Gasteiger partial charge >= 0.3 is 0 Å². The van der Waals surface area contributed by atoms with Gasteiger partial charge in [-0.2, -0.15) is 0 Å². The maximum Gasteiger partial charge on any atom is 0.165 e. The van der Waals surface area contributed by atoms with Crippen LogP contribution in [0.15, 0.2) is 16.1 Å². The molecule has 11 heavy (non-hydrogen) atoms. The van der Waals surface area contributed by atoms with Gasteiger partial charge in [0, 0.05) is 5.70 Å². The van der Waals surface area contributed by atoms with Crippen molar-refractivity contribution in [3.8, 4) is 0 Å². The molecule has 1 heterocycles. The number of rotatable bonds is 1. The Morgan fingerprint density at radius 3 is 2.73 bits per heavy atom. The average molecular weight is 169 g/mol. The normalized spacial score (nSPS) is 22.1. The van der Waals surface area contributed by atoms with E-state index < -0.39 is 0 Å². The first-order valence-electron chi connectivity index (χ1n) is 3.45. The second kappa shape index (κ2) is 2.81. The Morgan fingerprint density at radius 1 is 1.64 bits per heavy atom. The van der Waals surface area contributed by atoms with Crippen LogP contribution in [0.25, 0.3) is 0 Å². The highest BCUT2D eigenvalue weighted by molar-refractivity contribution is 8.04. The van der Waals surface area contributed by atoms with E-state index in [4.69, 9.17) is 0 Å². The van der Waals surface area contributed by atoms with Gasteiger partial charge in [-0.05, 0) is 26.2 Å². The predicted molar refractivity (Wildman–Crippen MR) is 48.9 cm³/mol. The molecule has 0 aliphatic carbocycles. The van der Waals surface area contributed by atoms with Crippen LogP contribution in [0.5, 0.6) is 0 Å². The van der Waals surface area contributed by atoms with Crippen LogP contribution in [0.1, 0.15) is 20.8 Å². The van der Waals surface area contributed by atoms with E-state index in [1.54, 1.807) is 11.8 Å². The minimum absolute atomic E-state index is 0.152. The molecule has 0 N–H and O–H groups in total. The van der Waals surface area contributed by atoms with Gasteiger partial charge < -0.3 is 0 Å². The van der Waals surface area contributed by atoms with Crippen molar-refractivity contribution in [3.63, 3.8) is 0 Å². The molecule has 2 nitrogen and oxygen atoms in total. The fraction of sp³-hybridized carbons (Fsp3) is 0.500. The van der Waals surface area contributed by atoms with Crippen molar-refractivity contribution in [2.45, 2.75) is 25.5 Å². The van der Waals surface area contributed by atoms with Crippen LogP contribution in [-0.2, 0) is 4.79 Å². The fourth-order valence-electron chi connectivity index (χ4n) is 0.812. The Balaban J connectivity index is 2.98. The Kier molecular flexibility index (Phi) is 2.18. The van der Waals surface area contributed by atoms with Gasteiger partial charge in [-0.15, -0.1) is 11.8 Å². The molecule has 1 aliphatic rings. The van der Waals surface area contributed by atoms with E-state index in [0.717, 1.165) is 12.0 Å². The highest BCUT2D eigenvalue weighted by Crippen LogP contribution is 2.31. The molecule has 60 valence electrons. The van der Waals surface area contributed by atoms with Crippen LogP contribution >= 0.6 is 11.8 Å². The number of hydrogen-bond donors (Lipinski definition) is 0. The van der Waals surface area contributed by atoms with Gasteiger partial charge in [0.25, 0.3) is 0 Å². The molecule has 0 atom stereocenters. The minimum atomic E-state index is -0.152. The summed E-state index contributed by atoms with van der Waals surface area (Å²) in [6.07, 6.45) is 0.837. The first-order valence-corrected chi connectivity index (χ1v) is 4.33. The second-order valence-corrected chi connectivity index (χ2v) is 4.49. The summed E-state index contributed by atoms with van der Waals surface area (Å²) in [7, 11) is 0. The molecule has 0 bridgehead atoms. The third kappa shape index (κ3) is 1.71. The third-order valence-electron chi connectivity index (χ3n) is 1.55. The molecule has 1 aliphatic heterocycles. The number of allylic oxidation sites excluding steroid dienone is 1. The van der Waals surface area contributed by atoms with E-state index in [-0.39, 0.29) is 4.75 Å². The van der Waals surface area contributed by atoms with E-state index >= 15 is 0 Å². The lowest BCUT2D eigenvalue weighted by atomic mass is 10.1. The summed E-state index contributed by atoms with van der Waals surface area (Å²) in [5.41, 5.74) is 1.54. The van der Waals surface area contributed by atoms with Crippen LogP contribution in [0.2, 0.25) is 0 Å². The summed E-state index contributed by atoms with van der Waals surface area (Å²) >= 11 is 1.64. The molecule has 0 spiro atoms. The summed E-state index contributed by atoms with van der Waals surface area (Å²) in [6, 6.07) is 0. The molecule has 3 heteroatoms. The average Bonchev–Trinajstić information content (AvgIpc) is 1.94. The van der Waals surface area contributed by atoms with Crippen LogP contribution in [0.4, 0.5) is 0 Å². The lowest BCUT2D eigenvalue weighted by Gasteiger charge is -2.24. The maximum absolute atomic E-state index is 10.5. The zero-order valence-electron chi connectivity index (χ0n) is 6.92. The summed E-state index contributed by atoms with van der Waals surface area (Å²) < 4.78 is -0.152. The lowest BCUT2D eigenvalue weighted by Crippen LogP contribution is -2.30. The Labute approximate surface area is 70.8 Å². The van der Waals surface area contributed by atoms with E-state index in [1.807, 2.05) is 26.2 Å². The van der Waals surface area contributed by atoms with E-state index in [2.05, 4.69) is 4.99 Å². The largest absolute Gasteiger partial charge is 0.296 e. The Morgan fingerprint density at radius 2 is 2.27 bits per heavy atom. The first kappa shape index (κ1) is 8.53. The zero-order valence-corrected chi connectivity index (χ0v) is 7.73. The topological polar surface area (TPSA) is 29.4 Å².